The zero-order valence-electron chi connectivity index (χ0n) is 18.8. The number of carboxylic acids is 1. The number of rotatable bonds is 8. The molecule has 1 aliphatic carbocycles. The predicted molar refractivity (Wildman–Crippen MR) is 124 cm³/mol. The maximum atomic E-state index is 13.1. The number of carbonyl (C=O) groups excluding carboxylic acids is 1. The summed E-state index contributed by atoms with van der Waals surface area (Å²) >= 11 is 0. The number of hydrogen-bond donors (Lipinski definition) is 3. The molecule has 1 saturated carbocycles. The molecule has 1 fully saturated rings. The molecule has 0 saturated heterocycles. The number of nitrogens with zero attached hydrogens (tertiary/aromatic N) is 2. The number of aromatic nitrogens is 2. The van der Waals surface area contributed by atoms with E-state index in [0.717, 1.165) is 18.4 Å². The van der Waals surface area contributed by atoms with Gasteiger partial charge in [0.15, 0.2) is 5.69 Å². The van der Waals surface area contributed by atoms with Gasteiger partial charge in [-0.1, -0.05) is 18.2 Å². The van der Waals surface area contributed by atoms with Crippen molar-refractivity contribution in [3.8, 4) is 11.6 Å². The number of anilines is 1. The summed E-state index contributed by atoms with van der Waals surface area (Å²) in [7, 11) is -2.48. The molecule has 0 aliphatic heterocycles. The molecule has 0 radical (unpaired) electrons. The van der Waals surface area contributed by atoms with Gasteiger partial charge in [0.2, 0.25) is 15.9 Å². The number of carboxylic acid groups (broad SMARTS) is 1. The van der Waals surface area contributed by atoms with E-state index in [9.17, 15) is 23.1 Å². The van der Waals surface area contributed by atoms with Crippen LogP contribution in [-0.4, -0.2) is 41.2 Å². The molecule has 2 aromatic carbocycles. The van der Waals surface area contributed by atoms with Crippen molar-refractivity contribution in [1.29, 1.82) is 0 Å². The number of sulfonamides is 1. The van der Waals surface area contributed by atoms with Crippen molar-refractivity contribution in [3.05, 3.63) is 64.8 Å². The van der Waals surface area contributed by atoms with Crippen LogP contribution in [0, 0.1) is 13.8 Å². The second-order valence-corrected chi connectivity index (χ2v) is 9.82. The Morgan fingerprint density at radius 1 is 1.15 bits per heavy atom. The van der Waals surface area contributed by atoms with Gasteiger partial charge in [0, 0.05) is 29.9 Å². The lowest BCUT2D eigenvalue weighted by Crippen LogP contribution is -2.26. The largest absolute Gasteiger partial charge is 0.476 e. The number of carbonyl (C=O) groups is 2. The fraction of sp³-hybridized carbons (Fsp3) is 0.261. The monoisotopic (exact) mass is 484 g/mol. The second kappa shape index (κ2) is 8.92. The van der Waals surface area contributed by atoms with Gasteiger partial charge in [-0.15, -0.1) is 0 Å². The highest BCUT2D eigenvalue weighted by atomic mass is 32.2. The molecule has 3 aromatic rings. The number of amides is 1. The molecule has 1 heterocycles. The van der Waals surface area contributed by atoms with Crippen molar-refractivity contribution in [2.45, 2.75) is 37.6 Å². The molecule has 4 rings (SSSR count). The molecule has 0 atom stereocenters. The van der Waals surface area contributed by atoms with Gasteiger partial charge in [-0.3, -0.25) is 4.79 Å². The highest BCUT2D eigenvalue weighted by molar-refractivity contribution is 7.89. The van der Waals surface area contributed by atoms with E-state index in [0.29, 0.717) is 5.56 Å². The zero-order valence-corrected chi connectivity index (χ0v) is 19.6. The molecule has 3 N–H and O–H groups in total. The Balaban J connectivity index is 1.72. The Labute approximate surface area is 196 Å². The average Bonchev–Trinajstić information content (AvgIpc) is 3.54. The van der Waals surface area contributed by atoms with E-state index in [2.05, 4.69) is 15.1 Å². The van der Waals surface area contributed by atoms with E-state index in [-0.39, 0.29) is 45.4 Å². The summed E-state index contributed by atoms with van der Waals surface area (Å²) < 4.78 is 35.9. The Hall–Kier alpha value is -3.70. The maximum absolute atomic E-state index is 13.1. The standard InChI is InChI=1S/C23H24N4O6S/c1-13-6-4-5-7-17(13)21(28)24-16-10-11-18(19(12-16)34(31,32)26-15-8-9-15)33-22-14(2)20(23(29)30)25-27(22)3/h4-7,10-12,15,26H,8-9H2,1-3H3,(H,24,28)(H,29,30). The van der Waals surface area contributed by atoms with Crippen LogP contribution >= 0.6 is 0 Å². The SMILES string of the molecule is Cc1ccccc1C(=O)Nc1ccc(Oc2c(C)c(C(=O)O)nn2C)c(S(=O)(=O)NC2CC2)c1. The smallest absolute Gasteiger partial charge is 0.356 e. The fourth-order valence-corrected chi connectivity index (χ4v) is 4.91. The van der Waals surface area contributed by atoms with Gasteiger partial charge in [-0.05, 0) is 56.5 Å². The molecule has 11 heteroatoms. The molecular weight excluding hydrogens is 460 g/mol. The van der Waals surface area contributed by atoms with Crippen molar-refractivity contribution < 1.29 is 27.9 Å². The van der Waals surface area contributed by atoms with Gasteiger partial charge in [-0.2, -0.15) is 5.10 Å². The van der Waals surface area contributed by atoms with Crippen LogP contribution in [0.4, 0.5) is 5.69 Å². The van der Waals surface area contributed by atoms with Crippen molar-refractivity contribution in [2.24, 2.45) is 7.05 Å². The van der Waals surface area contributed by atoms with E-state index in [1.165, 1.54) is 36.9 Å². The molecular formula is C23H24N4O6S. The second-order valence-electron chi connectivity index (χ2n) is 8.14. The summed E-state index contributed by atoms with van der Waals surface area (Å²) in [6.07, 6.45) is 1.48. The summed E-state index contributed by atoms with van der Waals surface area (Å²) in [5, 5.41) is 16.0. The minimum Gasteiger partial charge on any atom is -0.476 e. The van der Waals surface area contributed by atoms with E-state index < -0.39 is 16.0 Å². The van der Waals surface area contributed by atoms with Crippen LogP contribution in [0.5, 0.6) is 11.6 Å². The van der Waals surface area contributed by atoms with E-state index >= 15 is 0 Å². The van der Waals surface area contributed by atoms with Crippen LogP contribution < -0.4 is 14.8 Å². The number of ether oxygens (including phenoxy) is 1. The lowest BCUT2D eigenvalue weighted by molar-refractivity contribution is 0.0688. The topological polar surface area (TPSA) is 140 Å². The highest BCUT2D eigenvalue weighted by Gasteiger charge is 2.31. The number of aromatic carboxylic acids is 1. The van der Waals surface area contributed by atoms with E-state index in [1.54, 1.807) is 12.1 Å². The molecule has 1 aromatic heterocycles. The molecule has 0 spiro atoms. The summed E-state index contributed by atoms with van der Waals surface area (Å²) in [6, 6.07) is 11.2. The summed E-state index contributed by atoms with van der Waals surface area (Å²) in [4.78, 5) is 24.0. The maximum Gasteiger partial charge on any atom is 0.356 e. The van der Waals surface area contributed by atoms with Crippen molar-refractivity contribution >= 4 is 27.6 Å². The molecule has 1 aliphatic rings. The first kappa shape index (κ1) is 23.5. The summed E-state index contributed by atoms with van der Waals surface area (Å²) in [6.45, 7) is 3.34. The van der Waals surface area contributed by atoms with Gasteiger partial charge < -0.3 is 15.2 Å². The van der Waals surface area contributed by atoms with Gasteiger partial charge in [0.1, 0.15) is 10.6 Å². The molecule has 0 unspecified atom stereocenters. The third-order valence-corrected chi connectivity index (χ3v) is 6.95. The first-order chi connectivity index (χ1) is 16.1. The van der Waals surface area contributed by atoms with Crippen LogP contribution in [0.1, 0.15) is 44.8 Å². The van der Waals surface area contributed by atoms with E-state index in [4.69, 9.17) is 4.74 Å². The normalized spacial score (nSPS) is 13.5. The summed E-state index contributed by atoms with van der Waals surface area (Å²) in [5.74, 6) is -1.53. The molecule has 0 bridgehead atoms. The van der Waals surface area contributed by atoms with Crippen LogP contribution in [0.25, 0.3) is 0 Å². The van der Waals surface area contributed by atoms with E-state index in [1.807, 2.05) is 19.1 Å². The molecule has 178 valence electrons. The van der Waals surface area contributed by atoms with Crippen molar-refractivity contribution in [1.82, 2.24) is 14.5 Å². The molecule has 34 heavy (non-hydrogen) atoms. The first-order valence-corrected chi connectivity index (χ1v) is 12.0. The van der Waals surface area contributed by atoms with Gasteiger partial charge in [0.25, 0.3) is 5.91 Å². The van der Waals surface area contributed by atoms with Gasteiger partial charge in [0.05, 0.1) is 0 Å². The van der Waals surface area contributed by atoms with Crippen LogP contribution in [-0.2, 0) is 17.1 Å². The Morgan fingerprint density at radius 2 is 1.85 bits per heavy atom. The Kier molecular flexibility index (Phi) is 6.15. The lowest BCUT2D eigenvalue weighted by atomic mass is 10.1. The van der Waals surface area contributed by atoms with Gasteiger partial charge in [-0.25, -0.2) is 22.6 Å². The number of nitrogens with one attached hydrogen (secondary N) is 2. The van der Waals surface area contributed by atoms with Crippen LogP contribution in [0.2, 0.25) is 0 Å². The fourth-order valence-electron chi connectivity index (χ4n) is 3.45. The third kappa shape index (κ3) is 4.80. The average molecular weight is 485 g/mol. The highest BCUT2D eigenvalue weighted by Crippen LogP contribution is 2.35. The molecule has 10 nitrogen and oxygen atoms in total. The van der Waals surface area contributed by atoms with Crippen LogP contribution in [0.15, 0.2) is 47.4 Å². The minimum atomic E-state index is -3.99. The van der Waals surface area contributed by atoms with Crippen molar-refractivity contribution in [2.75, 3.05) is 5.32 Å². The van der Waals surface area contributed by atoms with Crippen molar-refractivity contribution in [3.63, 3.8) is 0 Å². The minimum absolute atomic E-state index is 0.0231. The third-order valence-electron chi connectivity index (χ3n) is 5.41. The Morgan fingerprint density at radius 3 is 2.47 bits per heavy atom. The lowest BCUT2D eigenvalue weighted by Gasteiger charge is -2.15. The number of benzene rings is 2. The molecule has 1 amide bonds. The Bertz CT molecular complexity index is 1390. The summed E-state index contributed by atoms with van der Waals surface area (Å²) in [5.41, 5.74) is 1.58. The predicted octanol–water partition coefficient (Wildman–Crippen LogP) is 3.22. The number of hydrogen-bond acceptors (Lipinski definition) is 6. The van der Waals surface area contributed by atoms with Crippen LogP contribution in [0.3, 0.4) is 0 Å². The first-order valence-electron chi connectivity index (χ1n) is 10.5. The zero-order chi connectivity index (χ0) is 24.6. The quantitative estimate of drug-likeness (QED) is 0.446. The number of aryl methyl sites for hydroxylation is 2. The van der Waals surface area contributed by atoms with Gasteiger partial charge >= 0.3 is 5.97 Å².